The van der Waals surface area contributed by atoms with Crippen molar-refractivity contribution in [3.8, 4) is 0 Å². The number of carbonyl (C=O) groups is 1. The third kappa shape index (κ3) is 3.45. The minimum atomic E-state index is -0.813. The van der Waals surface area contributed by atoms with Crippen molar-refractivity contribution in [2.45, 2.75) is 19.4 Å². The molecule has 0 aliphatic rings. The average Bonchev–Trinajstić information content (AvgIpc) is 2.73. The lowest BCUT2D eigenvalue weighted by Crippen LogP contribution is -2.26. The quantitative estimate of drug-likeness (QED) is 0.840. The van der Waals surface area contributed by atoms with Gasteiger partial charge in [-0.15, -0.1) is 0 Å². The summed E-state index contributed by atoms with van der Waals surface area (Å²) in [6.45, 7) is 2.97. The van der Waals surface area contributed by atoms with Crippen molar-refractivity contribution in [3.63, 3.8) is 0 Å². The predicted octanol–water partition coefficient (Wildman–Crippen LogP) is 1.69. The topological polar surface area (TPSA) is 67.2 Å². The number of aromatic nitrogens is 2. The van der Waals surface area contributed by atoms with E-state index in [1.54, 1.807) is 4.68 Å². The van der Waals surface area contributed by atoms with Crippen LogP contribution in [0.1, 0.15) is 22.7 Å². The van der Waals surface area contributed by atoms with Gasteiger partial charge in [0, 0.05) is 31.9 Å². The fraction of sp³-hybridized carbons (Fsp3) is 0.333. The molecule has 5 heteroatoms. The second-order valence-electron chi connectivity index (χ2n) is 4.85. The summed E-state index contributed by atoms with van der Waals surface area (Å²) in [5.41, 5.74) is 2.87. The van der Waals surface area contributed by atoms with E-state index in [0.717, 1.165) is 16.8 Å². The van der Waals surface area contributed by atoms with E-state index in [-0.39, 0.29) is 0 Å². The van der Waals surface area contributed by atoms with Crippen LogP contribution in [0.5, 0.6) is 0 Å². The van der Waals surface area contributed by atoms with Crippen LogP contribution in [-0.4, -0.2) is 27.4 Å². The maximum Gasteiger partial charge on any atom is 0.312 e. The van der Waals surface area contributed by atoms with E-state index in [1.165, 1.54) is 0 Å². The molecule has 0 saturated heterocycles. The molecule has 2 N–H and O–H groups in total. The normalized spacial score (nSPS) is 12.3. The number of nitrogens with one attached hydrogen (secondary N) is 1. The summed E-state index contributed by atoms with van der Waals surface area (Å²) < 4.78 is 1.76. The largest absolute Gasteiger partial charge is 0.481 e. The third-order valence-corrected chi connectivity index (χ3v) is 3.28. The van der Waals surface area contributed by atoms with E-state index in [9.17, 15) is 9.90 Å². The zero-order chi connectivity index (χ0) is 14.5. The van der Waals surface area contributed by atoms with E-state index in [4.69, 9.17) is 0 Å². The molecule has 2 aromatic rings. The van der Waals surface area contributed by atoms with Crippen molar-refractivity contribution in [2.24, 2.45) is 7.05 Å². The molecular weight excluding hydrogens is 254 g/mol. The molecule has 0 spiro atoms. The summed E-state index contributed by atoms with van der Waals surface area (Å²) in [6.07, 6.45) is 1.95. The van der Waals surface area contributed by atoms with E-state index in [1.807, 2.05) is 50.5 Å². The minimum Gasteiger partial charge on any atom is -0.481 e. The van der Waals surface area contributed by atoms with Crippen LogP contribution in [0, 0.1) is 6.92 Å². The molecule has 0 fully saturated rings. The second-order valence-corrected chi connectivity index (χ2v) is 4.85. The number of aryl methyl sites for hydroxylation is 2. The van der Waals surface area contributed by atoms with Gasteiger partial charge in [0.05, 0.1) is 11.6 Å². The van der Waals surface area contributed by atoms with E-state index < -0.39 is 11.9 Å². The van der Waals surface area contributed by atoms with Crippen LogP contribution in [0.2, 0.25) is 0 Å². The first-order valence-electron chi connectivity index (χ1n) is 6.55. The number of aliphatic carboxylic acids is 1. The lowest BCUT2D eigenvalue weighted by Gasteiger charge is -2.13. The van der Waals surface area contributed by atoms with Gasteiger partial charge in [0.2, 0.25) is 0 Å². The maximum absolute atomic E-state index is 11.4. The number of benzene rings is 1. The molecule has 20 heavy (non-hydrogen) atoms. The van der Waals surface area contributed by atoms with Gasteiger partial charge in [-0.25, -0.2) is 0 Å². The van der Waals surface area contributed by atoms with Crippen LogP contribution >= 0.6 is 0 Å². The van der Waals surface area contributed by atoms with Gasteiger partial charge in [-0.05, 0) is 12.5 Å². The third-order valence-electron chi connectivity index (χ3n) is 3.28. The highest BCUT2D eigenvalue weighted by Gasteiger charge is 2.19. The molecule has 5 nitrogen and oxygen atoms in total. The van der Waals surface area contributed by atoms with Crippen LogP contribution in [0.4, 0.5) is 0 Å². The molecular formula is C15H19N3O2. The Bertz CT molecular complexity index is 578. The van der Waals surface area contributed by atoms with Crippen molar-refractivity contribution in [1.29, 1.82) is 0 Å². The van der Waals surface area contributed by atoms with E-state index >= 15 is 0 Å². The Morgan fingerprint density at radius 3 is 2.65 bits per heavy atom. The van der Waals surface area contributed by atoms with Crippen LogP contribution in [0.25, 0.3) is 0 Å². The Morgan fingerprint density at radius 1 is 1.40 bits per heavy atom. The molecule has 1 unspecified atom stereocenters. The van der Waals surface area contributed by atoms with Crippen LogP contribution < -0.4 is 5.32 Å². The SMILES string of the molecule is Cc1nn(C)cc1CNCC(C(=O)O)c1ccccc1. The van der Waals surface area contributed by atoms with Gasteiger partial charge in [-0.3, -0.25) is 9.48 Å². The highest BCUT2D eigenvalue weighted by Crippen LogP contribution is 2.15. The minimum absolute atomic E-state index is 0.397. The van der Waals surface area contributed by atoms with Gasteiger partial charge >= 0.3 is 5.97 Å². The highest BCUT2D eigenvalue weighted by molar-refractivity contribution is 5.76. The molecule has 1 atom stereocenters. The van der Waals surface area contributed by atoms with Gasteiger partial charge < -0.3 is 10.4 Å². The van der Waals surface area contributed by atoms with Crippen LogP contribution in [-0.2, 0) is 18.4 Å². The lowest BCUT2D eigenvalue weighted by molar-refractivity contribution is -0.138. The van der Waals surface area contributed by atoms with Gasteiger partial charge in [-0.2, -0.15) is 5.10 Å². The first kappa shape index (κ1) is 14.3. The Morgan fingerprint density at radius 2 is 2.10 bits per heavy atom. The first-order chi connectivity index (χ1) is 9.58. The molecule has 1 aromatic carbocycles. The number of rotatable bonds is 6. The number of hydrogen-bond acceptors (Lipinski definition) is 3. The monoisotopic (exact) mass is 273 g/mol. The molecule has 0 saturated carbocycles. The summed E-state index contributed by atoms with van der Waals surface area (Å²) >= 11 is 0. The number of carboxylic acids is 1. The molecule has 106 valence electrons. The van der Waals surface area contributed by atoms with Gasteiger partial charge in [0.15, 0.2) is 0 Å². The molecule has 0 aliphatic heterocycles. The first-order valence-corrected chi connectivity index (χ1v) is 6.55. The highest BCUT2D eigenvalue weighted by atomic mass is 16.4. The maximum atomic E-state index is 11.4. The number of nitrogens with zero attached hydrogens (tertiary/aromatic N) is 2. The summed E-state index contributed by atoms with van der Waals surface area (Å²) in [4.78, 5) is 11.4. The number of carboxylic acid groups (broad SMARTS) is 1. The zero-order valence-electron chi connectivity index (χ0n) is 11.7. The van der Waals surface area contributed by atoms with Gasteiger partial charge in [-0.1, -0.05) is 30.3 Å². The lowest BCUT2D eigenvalue weighted by atomic mass is 9.99. The molecule has 0 aliphatic carbocycles. The summed E-state index contributed by atoms with van der Waals surface area (Å²) in [5.74, 6) is -1.35. The summed E-state index contributed by atoms with van der Waals surface area (Å²) in [7, 11) is 1.88. The fourth-order valence-corrected chi connectivity index (χ4v) is 2.21. The predicted molar refractivity (Wildman–Crippen MR) is 76.5 cm³/mol. The number of hydrogen-bond donors (Lipinski definition) is 2. The molecule has 2 rings (SSSR count). The Hall–Kier alpha value is -2.14. The van der Waals surface area contributed by atoms with Crippen LogP contribution in [0.15, 0.2) is 36.5 Å². The molecule has 0 radical (unpaired) electrons. The Balaban J connectivity index is 1.97. The smallest absolute Gasteiger partial charge is 0.312 e. The van der Waals surface area contributed by atoms with Crippen molar-refractivity contribution in [2.75, 3.05) is 6.54 Å². The molecule has 0 amide bonds. The van der Waals surface area contributed by atoms with Crippen molar-refractivity contribution in [3.05, 3.63) is 53.3 Å². The summed E-state index contributed by atoms with van der Waals surface area (Å²) in [5, 5.41) is 16.8. The van der Waals surface area contributed by atoms with Crippen molar-refractivity contribution >= 4 is 5.97 Å². The fourth-order valence-electron chi connectivity index (χ4n) is 2.21. The van der Waals surface area contributed by atoms with Crippen molar-refractivity contribution < 1.29 is 9.90 Å². The molecule has 1 heterocycles. The van der Waals surface area contributed by atoms with E-state index in [0.29, 0.717) is 13.1 Å². The van der Waals surface area contributed by atoms with Crippen molar-refractivity contribution in [1.82, 2.24) is 15.1 Å². The Labute approximate surface area is 118 Å². The van der Waals surface area contributed by atoms with Gasteiger partial charge in [0.1, 0.15) is 0 Å². The molecule has 1 aromatic heterocycles. The second kappa shape index (κ2) is 6.34. The van der Waals surface area contributed by atoms with E-state index in [2.05, 4.69) is 10.4 Å². The summed E-state index contributed by atoms with van der Waals surface area (Å²) in [6, 6.07) is 9.29. The standard InChI is InChI=1S/C15H19N3O2/c1-11-13(10-18(2)17-11)8-16-9-14(15(19)20)12-6-4-3-5-7-12/h3-7,10,14,16H,8-9H2,1-2H3,(H,19,20). The molecule has 0 bridgehead atoms. The average molecular weight is 273 g/mol. The van der Waals surface area contributed by atoms with Crippen LogP contribution in [0.3, 0.4) is 0 Å². The Kier molecular flexibility index (Phi) is 4.53. The van der Waals surface area contributed by atoms with Gasteiger partial charge in [0.25, 0.3) is 0 Å². The zero-order valence-corrected chi connectivity index (χ0v) is 11.7.